The minimum absolute atomic E-state index is 0.0340. The molecule has 2 rings (SSSR count). The molecule has 0 aromatic heterocycles. The standard InChI is InChI=1S/C17H23F3N2O/c1-12-7-9-13(10-8-12)5-4-6-14(17(18,19)20)22-11-16(2,3)15(23)21-22/h7-10,14H,4-6,11H2,1-3H3,(H,21,23)/t14-/m0/s1. The highest BCUT2D eigenvalue weighted by molar-refractivity contribution is 5.83. The van der Waals surface area contributed by atoms with Crippen molar-refractivity contribution in [1.29, 1.82) is 0 Å². The summed E-state index contributed by atoms with van der Waals surface area (Å²) < 4.78 is 40.0. The lowest BCUT2D eigenvalue weighted by atomic mass is 9.94. The maximum atomic E-state index is 13.3. The van der Waals surface area contributed by atoms with E-state index in [1.807, 2.05) is 31.2 Å². The number of aryl methyl sites for hydroxylation is 2. The molecule has 3 nitrogen and oxygen atoms in total. The summed E-state index contributed by atoms with van der Waals surface area (Å²) in [4.78, 5) is 11.7. The van der Waals surface area contributed by atoms with Crippen molar-refractivity contribution < 1.29 is 18.0 Å². The zero-order chi connectivity index (χ0) is 17.3. The highest BCUT2D eigenvalue weighted by Crippen LogP contribution is 2.33. The van der Waals surface area contributed by atoms with Crippen LogP contribution in [0.1, 0.15) is 37.8 Å². The van der Waals surface area contributed by atoms with Gasteiger partial charge in [-0.3, -0.25) is 10.2 Å². The van der Waals surface area contributed by atoms with Gasteiger partial charge in [0.2, 0.25) is 5.91 Å². The molecule has 128 valence electrons. The van der Waals surface area contributed by atoms with E-state index in [1.165, 1.54) is 0 Å². The van der Waals surface area contributed by atoms with Crippen LogP contribution in [0.5, 0.6) is 0 Å². The van der Waals surface area contributed by atoms with Crippen LogP contribution in [0.15, 0.2) is 24.3 Å². The number of nitrogens with one attached hydrogen (secondary N) is 1. The van der Waals surface area contributed by atoms with E-state index in [4.69, 9.17) is 0 Å². The quantitative estimate of drug-likeness (QED) is 0.895. The van der Waals surface area contributed by atoms with E-state index in [0.717, 1.165) is 16.1 Å². The van der Waals surface area contributed by atoms with Gasteiger partial charge in [-0.25, -0.2) is 5.01 Å². The van der Waals surface area contributed by atoms with Crippen molar-refractivity contribution in [2.75, 3.05) is 6.54 Å². The molecule has 0 saturated carbocycles. The first-order chi connectivity index (χ1) is 10.6. The Morgan fingerprint density at radius 2 is 1.87 bits per heavy atom. The van der Waals surface area contributed by atoms with Crippen LogP contribution in [-0.4, -0.2) is 29.7 Å². The predicted molar refractivity (Wildman–Crippen MR) is 82.6 cm³/mol. The average molecular weight is 328 g/mol. The number of hydrogen-bond donors (Lipinski definition) is 1. The Morgan fingerprint density at radius 1 is 1.26 bits per heavy atom. The van der Waals surface area contributed by atoms with Gasteiger partial charge in [-0.2, -0.15) is 13.2 Å². The van der Waals surface area contributed by atoms with E-state index in [1.54, 1.807) is 13.8 Å². The molecule has 0 radical (unpaired) electrons. The monoisotopic (exact) mass is 328 g/mol. The summed E-state index contributed by atoms with van der Waals surface area (Å²) in [5.74, 6) is -0.356. The zero-order valence-electron chi connectivity index (χ0n) is 13.7. The minimum atomic E-state index is -4.36. The van der Waals surface area contributed by atoms with Gasteiger partial charge in [0.25, 0.3) is 0 Å². The number of alkyl halides is 3. The second kappa shape index (κ2) is 6.51. The summed E-state index contributed by atoms with van der Waals surface area (Å²) in [6, 6.07) is 6.16. The van der Waals surface area contributed by atoms with Gasteiger partial charge in [-0.15, -0.1) is 0 Å². The van der Waals surface area contributed by atoms with Crippen LogP contribution in [-0.2, 0) is 11.2 Å². The van der Waals surface area contributed by atoms with Crippen LogP contribution in [0.3, 0.4) is 0 Å². The summed E-state index contributed by atoms with van der Waals surface area (Å²) in [5.41, 5.74) is 3.75. The molecule has 1 aromatic rings. The number of rotatable bonds is 5. The summed E-state index contributed by atoms with van der Waals surface area (Å²) >= 11 is 0. The van der Waals surface area contributed by atoms with Crippen LogP contribution in [0.25, 0.3) is 0 Å². The Balaban J connectivity index is 1.97. The molecule has 1 amide bonds. The van der Waals surface area contributed by atoms with Gasteiger partial charge in [0.05, 0.1) is 5.41 Å². The molecule has 0 aliphatic carbocycles. The molecule has 1 atom stereocenters. The molecule has 1 saturated heterocycles. The first-order valence-electron chi connectivity index (χ1n) is 7.79. The number of carbonyl (C=O) groups is 1. The Hall–Kier alpha value is -1.56. The lowest BCUT2D eigenvalue weighted by molar-refractivity contribution is -0.190. The molecular weight excluding hydrogens is 305 g/mol. The second-order valence-corrected chi connectivity index (χ2v) is 6.89. The Labute approximate surface area is 134 Å². The zero-order valence-corrected chi connectivity index (χ0v) is 13.7. The molecular formula is C17H23F3N2O. The third kappa shape index (κ3) is 4.47. The normalized spacial score (nSPS) is 19.7. The van der Waals surface area contributed by atoms with Gasteiger partial charge in [-0.05, 0) is 45.6 Å². The van der Waals surface area contributed by atoms with E-state index in [-0.39, 0.29) is 18.9 Å². The number of hydrogen-bond acceptors (Lipinski definition) is 2. The first-order valence-corrected chi connectivity index (χ1v) is 7.79. The minimum Gasteiger partial charge on any atom is -0.288 e. The van der Waals surface area contributed by atoms with Crippen molar-refractivity contribution in [3.63, 3.8) is 0 Å². The van der Waals surface area contributed by atoms with Gasteiger partial charge in [0.15, 0.2) is 0 Å². The van der Waals surface area contributed by atoms with E-state index >= 15 is 0 Å². The van der Waals surface area contributed by atoms with Crippen LogP contribution in [0.4, 0.5) is 13.2 Å². The molecule has 1 aliphatic rings. The molecule has 6 heteroatoms. The van der Waals surface area contributed by atoms with Crippen molar-refractivity contribution in [1.82, 2.24) is 10.4 Å². The van der Waals surface area contributed by atoms with Crippen molar-refractivity contribution in [2.24, 2.45) is 5.41 Å². The fraction of sp³-hybridized carbons (Fsp3) is 0.588. The third-order valence-electron chi connectivity index (χ3n) is 4.24. The Bertz CT molecular complexity index is 552. The summed E-state index contributed by atoms with van der Waals surface area (Å²) in [5, 5.41) is 1.05. The van der Waals surface area contributed by atoms with Gasteiger partial charge >= 0.3 is 6.18 Å². The van der Waals surface area contributed by atoms with Crippen molar-refractivity contribution in [3.05, 3.63) is 35.4 Å². The maximum absolute atomic E-state index is 13.3. The SMILES string of the molecule is Cc1ccc(CCC[C@H](N2CC(C)(C)C(=O)N2)C(F)(F)F)cc1. The molecule has 1 N–H and O–H groups in total. The van der Waals surface area contributed by atoms with Gasteiger partial charge in [0, 0.05) is 6.54 Å². The van der Waals surface area contributed by atoms with E-state index in [2.05, 4.69) is 5.43 Å². The van der Waals surface area contributed by atoms with Crippen LogP contribution < -0.4 is 5.43 Å². The number of amides is 1. The number of hydrazine groups is 1. The number of nitrogens with zero attached hydrogens (tertiary/aromatic N) is 1. The van der Waals surface area contributed by atoms with E-state index < -0.39 is 17.6 Å². The van der Waals surface area contributed by atoms with Gasteiger partial charge in [0.1, 0.15) is 6.04 Å². The number of halogens is 3. The Morgan fingerprint density at radius 3 is 2.35 bits per heavy atom. The fourth-order valence-electron chi connectivity index (χ4n) is 2.76. The maximum Gasteiger partial charge on any atom is 0.405 e. The van der Waals surface area contributed by atoms with Gasteiger partial charge in [-0.1, -0.05) is 29.8 Å². The van der Waals surface area contributed by atoms with Crippen molar-refractivity contribution in [3.8, 4) is 0 Å². The lowest BCUT2D eigenvalue weighted by Crippen LogP contribution is -2.50. The van der Waals surface area contributed by atoms with Crippen LogP contribution >= 0.6 is 0 Å². The summed E-state index contributed by atoms with van der Waals surface area (Å²) in [7, 11) is 0. The molecule has 0 bridgehead atoms. The fourth-order valence-corrected chi connectivity index (χ4v) is 2.76. The molecule has 23 heavy (non-hydrogen) atoms. The molecule has 1 fully saturated rings. The molecule has 0 unspecified atom stereocenters. The molecule has 1 aromatic carbocycles. The molecule has 0 spiro atoms. The third-order valence-corrected chi connectivity index (χ3v) is 4.24. The summed E-state index contributed by atoms with van der Waals surface area (Å²) in [6.07, 6.45) is -3.38. The largest absolute Gasteiger partial charge is 0.405 e. The van der Waals surface area contributed by atoms with Crippen molar-refractivity contribution in [2.45, 2.75) is 52.3 Å². The lowest BCUT2D eigenvalue weighted by Gasteiger charge is -2.29. The van der Waals surface area contributed by atoms with E-state index in [0.29, 0.717) is 12.8 Å². The highest BCUT2D eigenvalue weighted by Gasteiger charge is 2.49. The topological polar surface area (TPSA) is 32.3 Å². The smallest absolute Gasteiger partial charge is 0.288 e. The summed E-state index contributed by atoms with van der Waals surface area (Å²) in [6.45, 7) is 5.35. The Kier molecular flexibility index (Phi) is 5.04. The van der Waals surface area contributed by atoms with Crippen LogP contribution in [0, 0.1) is 12.3 Å². The highest BCUT2D eigenvalue weighted by atomic mass is 19.4. The first kappa shape index (κ1) is 17.8. The second-order valence-electron chi connectivity index (χ2n) is 6.89. The number of benzene rings is 1. The molecule has 1 heterocycles. The average Bonchev–Trinajstić information content (AvgIpc) is 2.69. The van der Waals surface area contributed by atoms with E-state index in [9.17, 15) is 18.0 Å². The number of carbonyl (C=O) groups excluding carboxylic acids is 1. The predicted octanol–water partition coefficient (Wildman–Crippen LogP) is 3.62. The van der Waals surface area contributed by atoms with Crippen LogP contribution in [0.2, 0.25) is 0 Å². The van der Waals surface area contributed by atoms with Crippen molar-refractivity contribution >= 4 is 5.91 Å². The van der Waals surface area contributed by atoms with Gasteiger partial charge < -0.3 is 0 Å². The molecule has 1 aliphatic heterocycles.